The van der Waals surface area contributed by atoms with Gasteiger partial charge in [0.15, 0.2) is 10.8 Å². The number of nitrogens with zero attached hydrogens (tertiary/aromatic N) is 3. The van der Waals surface area contributed by atoms with Crippen LogP contribution in [0.4, 0.5) is 5.13 Å². The molecule has 4 aromatic carbocycles. The van der Waals surface area contributed by atoms with Gasteiger partial charge < -0.3 is 4.57 Å². The molecule has 0 aliphatic carbocycles. The summed E-state index contributed by atoms with van der Waals surface area (Å²) in [6, 6.07) is 33.0. The fourth-order valence-corrected chi connectivity index (χ4v) is 5.13. The molecule has 0 spiro atoms. The number of rotatable bonds is 6. The van der Waals surface area contributed by atoms with Crippen LogP contribution in [0.25, 0.3) is 33.4 Å². The molecule has 0 atom stereocenters. The van der Waals surface area contributed by atoms with Gasteiger partial charge in [0.1, 0.15) is 5.82 Å². The first kappa shape index (κ1) is 22.9. The number of carbonyl (C=O) groups excluding carboxylic acids is 1. The molecule has 1 amide bonds. The molecule has 2 aromatic heterocycles. The average Bonchev–Trinajstić information content (AvgIpc) is 3.58. The number of amides is 1. The molecule has 0 aliphatic rings. The molecule has 2 heterocycles. The Hall–Kier alpha value is -4.55. The molecule has 5 nitrogen and oxygen atoms in total. The summed E-state index contributed by atoms with van der Waals surface area (Å²) in [5, 5.41) is 7.54. The molecule has 0 fully saturated rings. The fraction of sp³-hybridized carbons (Fsp3) is 0.0645. The van der Waals surface area contributed by atoms with E-state index in [0.717, 1.165) is 44.5 Å². The van der Waals surface area contributed by atoms with Gasteiger partial charge in [-0.1, -0.05) is 103 Å². The number of benzene rings is 4. The number of imidazole rings is 1. The molecular weight excluding hydrogens is 476 g/mol. The molecule has 0 saturated heterocycles. The van der Waals surface area contributed by atoms with Crippen LogP contribution in [0.1, 0.15) is 21.6 Å². The van der Waals surface area contributed by atoms with Gasteiger partial charge in [0, 0.05) is 29.2 Å². The Labute approximate surface area is 219 Å². The topological polar surface area (TPSA) is 59.8 Å². The predicted molar refractivity (Wildman–Crippen MR) is 151 cm³/mol. The normalized spacial score (nSPS) is 11.1. The van der Waals surface area contributed by atoms with Gasteiger partial charge in [0.2, 0.25) is 0 Å². The van der Waals surface area contributed by atoms with Gasteiger partial charge >= 0.3 is 0 Å². The lowest BCUT2D eigenvalue weighted by Gasteiger charge is -2.15. The summed E-state index contributed by atoms with van der Waals surface area (Å²) < 4.78 is 2.17. The van der Waals surface area contributed by atoms with E-state index in [1.807, 2.05) is 41.8 Å². The van der Waals surface area contributed by atoms with Gasteiger partial charge in [-0.15, -0.1) is 11.3 Å². The number of thiazole rings is 1. The first-order valence-corrected chi connectivity index (χ1v) is 13.0. The number of aryl methyl sites for hydroxylation is 1. The maximum absolute atomic E-state index is 13.7. The Morgan fingerprint density at radius 1 is 0.892 bits per heavy atom. The summed E-state index contributed by atoms with van der Waals surface area (Å²) in [6.45, 7) is 2.63. The first-order valence-electron chi connectivity index (χ1n) is 12.1. The second kappa shape index (κ2) is 9.84. The minimum atomic E-state index is -0.279. The summed E-state index contributed by atoms with van der Waals surface area (Å²) in [5.74, 6) is 0.472. The number of carbonyl (C=O) groups is 1. The molecule has 6 rings (SSSR count). The molecule has 1 N–H and O–H groups in total. The van der Waals surface area contributed by atoms with Gasteiger partial charge in [-0.25, -0.2) is 9.97 Å². The van der Waals surface area contributed by atoms with E-state index < -0.39 is 0 Å². The highest BCUT2D eigenvalue weighted by atomic mass is 32.1. The van der Waals surface area contributed by atoms with Crippen LogP contribution in [-0.2, 0) is 6.54 Å². The molecule has 6 heteroatoms. The van der Waals surface area contributed by atoms with Crippen molar-refractivity contribution in [1.29, 1.82) is 0 Å². The molecule has 0 bridgehead atoms. The van der Waals surface area contributed by atoms with Crippen molar-refractivity contribution in [3.8, 4) is 22.6 Å². The Morgan fingerprint density at radius 2 is 1.65 bits per heavy atom. The van der Waals surface area contributed by atoms with Crippen LogP contribution in [0.15, 0.2) is 109 Å². The number of anilines is 1. The summed E-state index contributed by atoms with van der Waals surface area (Å²) in [5.41, 5.74) is 5.35. The van der Waals surface area contributed by atoms with Gasteiger partial charge in [0.25, 0.3) is 5.91 Å². The molecule has 0 unspecified atom stereocenters. The minimum Gasteiger partial charge on any atom is -0.319 e. The molecule has 0 aliphatic heterocycles. The summed E-state index contributed by atoms with van der Waals surface area (Å²) in [6.07, 6.45) is 1.68. The molecular formula is C31H24N4OS. The van der Waals surface area contributed by atoms with Crippen LogP contribution in [-0.4, -0.2) is 20.4 Å². The van der Waals surface area contributed by atoms with Crippen molar-refractivity contribution in [1.82, 2.24) is 14.5 Å². The summed E-state index contributed by atoms with van der Waals surface area (Å²) in [7, 11) is 0. The highest BCUT2D eigenvalue weighted by Crippen LogP contribution is 2.35. The van der Waals surface area contributed by atoms with Crippen LogP contribution in [0, 0.1) is 6.92 Å². The quantitative estimate of drug-likeness (QED) is 0.259. The van der Waals surface area contributed by atoms with E-state index in [0.29, 0.717) is 17.4 Å². The van der Waals surface area contributed by atoms with E-state index in [9.17, 15) is 4.79 Å². The van der Waals surface area contributed by atoms with Crippen molar-refractivity contribution in [3.05, 3.63) is 125 Å². The minimum absolute atomic E-state index is 0.279. The van der Waals surface area contributed by atoms with Crippen LogP contribution in [0.3, 0.4) is 0 Å². The maximum Gasteiger partial charge on any atom is 0.278 e. The van der Waals surface area contributed by atoms with Gasteiger partial charge in [-0.2, -0.15) is 0 Å². The number of hydrogen-bond donors (Lipinski definition) is 1. The van der Waals surface area contributed by atoms with Crippen LogP contribution in [0.2, 0.25) is 0 Å². The van der Waals surface area contributed by atoms with Gasteiger partial charge in [-0.05, 0) is 23.3 Å². The zero-order valence-corrected chi connectivity index (χ0v) is 21.1. The van der Waals surface area contributed by atoms with Crippen molar-refractivity contribution >= 4 is 33.1 Å². The van der Waals surface area contributed by atoms with Crippen molar-refractivity contribution in [3.63, 3.8) is 0 Å². The lowest BCUT2D eigenvalue weighted by atomic mass is 10.0. The van der Waals surface area contributed by atoms with Crippen LogP contribution < -0.4 is 5.32 Å². The molecule has 37 heavy (non-hydrogen) atoms. The summed E-state index contributed by atoms with van der Waals surface area (Å²) >= 11 is 1.38. The molecule has 180 valence electrons. The zero-order chi connectivity index (χ0) is 25.2. The lowest BCUT2D eigenvalue weighted by Crippen LogP contribution is -2.14. The monoisotopic (exact) mass is 500 g/mol. The zero-order valence-electron chi connectivity index (χ0n) is 20.3. The van der Waals surface area contributed by atoms with E-state index >= 15 is 0 Å². The fourth-order valence-electron chi connectivity index (χ4n) is 4.60. The third-order valence-corrected chi connectivity index (χ3v) is 7.06. The number of hydrogen-bond acceptors (Lipinski definition) is 4. The predicted octanol–water partition coefficient (Wildman–Crippen LogP) is 7.44. The van der Waals surface area contributed by atoms with E-state index in [2.05, 4.69) is 82.5 Å². The maximum atomic E-state index is 13.7. The average molecular weight is 501 g/mol. The smallest absolute Gasteiger partial charge is 0.278 e. The van der Waals surface area contributed by atoms with E-state index in [4.69, 9.17) is 4.98 Å². The Morgan fingerprint density at radius 3 is 2.43 bits per heavy atom. The van der Waals surface area contributed by atoms with Gasteiger partial charge in [0.05, 0.1) is 5.69 Å². The van der Waals surface area contributed by atoms with Crippen LogP contribution >= 0.6 is 11.3 Å². The van der Waals surface area contributed by atoms with E-state index in [1.165, 1.54) is 11.3 Å². The Balaban J connectivity index is 1.62. The molecule has 0 saturated carbocycles. The lowest BCUT2D eigenvalue weighted by molar-refractivity contribution is 0.102. The number of fused-ring (bicyclic) bond motifs is 1. The standard InChI is InChI=1S/C31H24N4OS/c1-21-14-16-24(17-15-21)28-27(30(36)34-31-32-18-19-37-31)33-29(35(28)20-22-8-3-2-4-9-22)26-13-7-11-23-10-5-6-12-25(23)26/h2-19H,20H2,1H3,(H,32,34,36). The van der Waals surface area contributed by atoms with E-state index in [-0.39, 0.29) is 5.91 Å². The SMILES string of the molecule is Cc1ccc(-c2c(C(=O)Nc3nccs3)nc(-c3cccc4ccccc34)n2Cc2ccccc2)cc1. The number of aromatic nitrogens is 3. The van der Waals surface area contributed by atoms with Gasteiger partial charge in [-0.3, -0.25) is 10.1 Å². The van der Waals surface area contributed by atoms with Crippen molar-refractivity contribution < 1.29 is 4.79 Å². The second-order valence-corrected chi connectivity index (χ2v) is 9.78. The Kier molecular flexibility index (Phi) is 6.08. The Bertz CT molecular complexity index is 1680. The van der Waals surface area contributed by atoms with E-state index in [1.54, 1.807) is 6.20 Å². The highest BCUT2D eigenvalue weighted by molar-refractivity contribution is 7.13. The number of nitrogens with one attached hydrogen (secondary N) is 1. The first-order chi connectivity index (χ1) is 18.2. The van der Waals surface area contributed by atoms with Crippen molar-refractivity contribution in [2.45, 2.75) is 13.5 Å². The molecule has 6 aromatic rings. The third kappa shape index (κ3) is 4.55. The second-order valence-electron chi connectivity index (χ2n) is 8.89. The van der Waals surface area contributed by atoms with Crippen molar-refractivity contribution in [2.75, 3.05) is 5.32 Å². The van der Waals surface area contributed by atoms with Crippen LogP contribution in [0.5, 0.6) is 0 Å². The summed E-state index contributed by atoms with van der Waals surface area (Å²) in [4.78, 5) is 22.9. The molecule has 0 radical (unpaired) electrons. The third-order valence-electron chi connectivity index (χ3n) is 6.37. The highest BCUT2D eigenvalue weighted by Gasteiger charge is 2.26. The largest absolute Gasteiger partial charge is 0.319 e. The van der Waals surface area contributed by atoms with Crippen molar-refractivity contribution in [2.24, 2.45) is 0 Å².